The van der Waals surface area contributed by atoms with Gasteiger partial charge in [0.2, 0.25) is 5.91 Å². The lowest BCUT2D eigenvalue weighted by Crippen LogP contribution is -2.55. The smallest absolute Gasteiger partial charge is 0.326 e. The summed E-state index contributed by atoms with van der Waals surface area (Å²) in [5, 5.41) is 12.9. The van der Waals surface area contributed by atoms with Crippen molar-refractivity contribution in [2.75, 3.05) is 19.6 Å². The number of hydrogen-bond acceptors (Lipinski definition) is 5. The van der Waals surface area contributed by atoms with Crippen molar-refractivity contribution in [1.29, 1.82) is 5.26 Å². The number of carbonyl (C=O) groups is 2. The summed E-state index contributed by atoms with van der Waals surface area (Å²) < 4.78 is 7.04. The summed E-state index contributed by atoms with van der Waals surface area (Å²) in [5.74, 6) is 0.645. The highest BCUT2D eigenvalue weighted by Gasteiger charge is 2.45. The molecule has 2 atom stereocenters. The molecular weight excluding hydrogens is 594 g/mol. The number of rotatable bonds is 5. The highest BCUT2D eigenvalue weighted by Crippen LogP contribution is 2.45. The van der Waals surface area contributed by atoms with Crippen LogP contribution in [0.3, 0.4) is 0 Å². The van der Waals surface area contributed by atoms with Crippen molar-refractivity contribution >= 4 is 45.3 Å². The Bertz CT molecular complexity index is 1500. The fraction of sp³-hybridized carbons (Fsp3) is 0.267. The maximum absolute atomic E-state index is 14.3. The average molecular weight is 621 g/mol. The number of piperazine rings is 1. The number of nitrogens with zero attached hydrogens (tertiary/aromatic N) is 4. The molecule has 2 unspecified atom stereocenters. The van der Waals surface area contributed by atoms with Crippen LogP contribution in [0.1, 0.15) is 48.2 Å². The largest absolute Gasteiger partial charge is 0.490 e. The molecule has 0 aromatic heterocycles. The van der Waals surface area contributed by atoms with E-state index in [4.69, 9.17) is 21.3 Å². The fourth-order valence-corrected chi connectivity index (χ4v) is 5.33. The zero-order valence-corrected chi connectivity index (χ0v) is 24.3. The Kier molecular flexibility index (Phi) is 8.10. The van der Waals surface area contributed by atoms with Crippen LogP contribution >= 0.6 is 27.5 Å². The highest BCUT2D eigenvalue weighted by atomic mass is 79.9. The third-order valence-corrected chi connectivity index (χ3v) is 7.50. The van der Waals surface area contributed by atoms with Crippen LogP contribution in [0.4, 0.5) is 4.79 Å². The molecule has 2 aliphatic rings. The van der Waals surface area contributed by atoms with Crippen LogP contribution in [-0.4, -0.2) is 53.3 Å². The Morgan fingerprint density at radius 3 is 2.48 bits per heavy atom. The van der Waals surface area contributed by atoms with Crippen molar-refractivity contribution in [3.05, 3.63) is 98.5 Å². The number of hydrogen-bond donors (Lipinski definition) is 1. The van der Waals surface area contributed by atoms with Gasteiger partial charge >= 0.3 is 6.03 Å². The SMILES string of the molecule is CC(C)Oc1cc(C#N)ccc1C1=NC(c2ccc(Cl)cc2)C(c2ccc(Br)cc2)N1C(=O)N1CCNC(=O)C1. The van der Waals surface area contributed by atoms with Crippen LogP contribution < -0.4 is 10.1 Å². The Balaban J connectivity index is 1.71. The molecule has 3 amide bonds. The number of aliphatic imine (C=N–C) groups is 1. The molecule has 0 spiro atoms. The van der Waals surface area contributed by atoms with E-state index < -0.39 is 12.1 Å². The van der Waals surface area contributed by atoms with Crippen LogP contribution in [0, 0.1) is 11.3 Å². The third-order valence-electron chi connectivity index (χ3n) is 6.72. The zero-order chi connectivity index (χ0) is 28.4. The molecule has 40 heavy (non-hydrogen) atoms. The summed E-state index contributed by atoms with van der Waals surface area (Å²) in [6.45, 7) is 4.48. The molecule has 5 rings (SSSR count). The number of benzene rings is 3. The first-order valence-corrected chi connectivity index (χ1v) is 14.1. The maximum Gasteiger partial charge on any atom is 0.326 e. The molecule has 8 nitrogen and oxygen atoms in total. The summed E-state index contributed by atoms with van der Waals surface area (Å²) in [5.41, 5.74) is 2.77. The second-order valence-electron chi connectivity index (χ2n) is 9.86. The molecule has 3 aromatic carbocycles. The summed E-state index contributed by atoms with van der Waals surface area (Å²) in [6.07, 6.45) is -0.182. The van der Waals surface area contributed by atoms with E-state index in [1.807, 2.05) is 50.2 Å². The normalized spacial score (nSPS) is 18.8. The Hall–Kier alpha value is -3.87. The average Bonchev–Trinajstić information content (AvgIpc) is 3.33. The van der Waals surface area contributed by atoms with Gasteiger partial charge in [0.05, 0.1) is 29.3 Å². The number of amides is 3. The Labute approximate surface area is 246 Å². The zero-order valence-electron chi connectivity index (χ0n) is 22.0. The van der Waals surface area contributed by atoms with Gasteiger partial charge in [-0.15, -0.1) is 0 Å². The maximum atomic E-state index is 14.3. The summed E-state index contributed by atoms with van der Waals surface area (Å²) in [7, 11) is 0. The van der Waals surface area contributed by atoms with Gasteiger partial charge in [-0.2, -0.15) is 5.26 Å². The second-order valence-corrected chi connectivity index (χ2v) is 11.2. The summed E-state index contributed by atoms with van der Waals surface area (Å²) in [6, 6.07) is 21.2. The predicted molar refractivity (Wildman–Crippen MR) is 156 cm³/mol. The quantitative estimate of drug-likeness (QED) is 0.387. The van der Waals surface area contributed by atoms with E-state index in [0.29, 0.717) is 40.8 Å². The van der Waals surface area contributed by atoms with Crippen molar-refractivity contribution in [1.82, 2.24) is 15.1 Å². The number of ether oxygens (including phenoxy) is 1. The van der Waals surface area contributed by atoms with Gasteiger partial charge in [0.1, 0.15) is 24.2 Å². The first kappa shape index (κ1) is 27.7. The minimum absolute atomic E-state index is 0.0516. The molecule has 0 aliphatic carbocycles. The van der Waals surface area contributed by atoms with Crippen molar-refractivity contribution in [3.8, 4) is 11.8 Å². The lowest BCUT2D eigenvalue weighted by atomic mass is 9.93. The minimum atomic E-state index is -0.524. The van der Waals surface area contributed by atoms with Crippen LogP contribution in [0.15, 0.2) is 76.2 Å². The number of carbonyl (C=O) groups excluding carboxylic acids is 2. The third kappa shape index (κ3) is 5.69. The minimum Gasteiger partial charge on any atom is -0.490 e. The van der Waals surface area contributed by atoms with E-state index in [0.717, 1.165) is 15.6 Å². The lowest BCUT2D eigenvalue weighted by Gasteiger charge is -2.36. The standard InChI is InChI=1S/C30H27BrClN5O3/c1-18(2)40-25-15-19(16-33)3-12-24(25)29-35-27(20-6-10-23(32)11-7-20)28(21-4-8-22(31)9-5-21)37(29)30(39)36-14-13-34-26(38)17-36/h3-12,15,18,27-28H,13-14,17H2,1-2H3,(H,34,38). The number of halogens is 2. The van der Waals surface area contributed by atoms with Crippen LogP contribution in [-0.2, 0) is 4.79 Å². The molecule has 3 aromatic rings. The van der Waals surface area contributed by atoms with E-state index in [9.17, 15) is 14.9 Å². The predicted octanol–water partition coefficient (Wildman–Crippen LogP) is 5.86. The van der Waals surface area contributed by atoms with E-state index in [2.05, 4.69) is 27.3 Å². The van der Waals surface area contributed by atoms with Crippen LogP contribution in [0.2, 0.25) is 5.02 Å². The van der Waals surface area contributed by atoms with E-state index in [1.54, 1.807) is 35.2 Å². The highest BCUT2D eigenvalue weighted by molar-refractivity contribution is 9.10. The van der Waals surface area contributed by atoms with Gasteiger partial charge in [-0.05, 0) is 67.4 Å². The van der Waals surface area contributed by atoms with Gasteiger partial charge in [-0.25, -0.2) is 4.79 Å². The van der Waals surface area contributed by atoms with Gasteiger partial charge < -0.3 is 15.0 Å². The molecular formula is C30H27BrClN5O3. The van der Waals surface area contributed by atoms with Gasteiger partial charge in [-0.1, -0.05) is 51.8 Å². The molecule has 1 saturated heterocycles. The number of nitriles is 1. The van der Waals surface area contributed by atoms with E-state index in [1.165, 1.54) is 4.90 Å². The molecule has 204 valence electrons. The van der Waals surface area contributed by atoms with Crippen molar-refractivity contribution in [2.45, 2.75) is 32.0 Å². The summed E-state index contributed by atoms with van der Waals surface area (Å²) >= 11 is 9.72. The van der Waals surface area contributed by atoms with Crippen molar-refractivity contribution < 1.29 is 14.3 Å². The fourth-order valence-electron chi connectivity index (χ4n) is 4.94. The van der Waals surface area contributed by atoms with Gasteiger partial charge in [-0.3, -0.25) is 14.7 Å². The first-order valence-electron chi connectivity index (χ1n) is 12.9. The van der Waals surface area contributed by atoms with Crippen molar-refractivity contribution in [3.63, 3.8) is 0 Å². The van der Waals surface area contributed by atoms with Gasteiger partial charge in [0.15, 0.2) is 0 Å². The molecule has 1 N–H and O–H groups in total. The van der Waals surface area contributed by atoms with Crippen molar-refractivity contribution in [2.24, 2.45) is 4.99 Å². The molecule has 0 saturated carbocycles. The topological polar surface area (TPSA) is 98.0 Å². The first-order chi connectivity index (χ1) is 19.2. The van der Waals surface area contributed by atoms with E-state index in [-0.39, 0.29) is 24.6 Å². The Morgan fingerprint density at radius 1 is 1.12 bits per heavy atom. The molecule has 0 radical (unpaired) electrons. The van der Waals surface area contributed by atoms with E-state index >= 15 is 0 Å². The number of amidine groups is 1. The van der Waals surface area contributed by atoms with Gasteiger partial charge in [0.25, 0.3) is 0 Å². The summed E-state index contributed by atoms with van der Waals surface area (Å²) in [4.78, 5) is 35.0. The Morgan fingerprint density at radius 2 is 1.82 bits per heavy atom. The molecule has 1 fully saturated rings. The molecule has 2 heterocycles. The van der Waals surface area contributed by atoms with Crippen LogP contribution in [0.25, 0.3) is 0 Å². The number of nitrogens with one attached hydrogen (secondary N) is 1. The van der Waals surface area contributed by atoms with Crippen LogP contribution in [0.5, 0.6) is 5.75 Å². The van der Waals surface area contributed by atoms with Gasteiger partial charge in [0, 0.05) is 22.6 Å². The molecule has 2 aliphatic heterocycles. The number of urea groups is 1. The monoisotopic (exact) mass is 619 g/mol. The lowest BCUT2D eigenvalue weighted by molar-refractivity contribution is -0.123. The second kappa shape index (κ2) is 11.7. The molecule has 10 heteroatoms. The molecule has 0 bridgehead atoms.